The van der Waals surface area contributed by atoms with E-state index in [2.05, 4.69) is 25.2 Å². The van der Waals surface area contributed by atoms with E-state index < -0.39 is 0 Å². The SMILES string of the molecule is CCCC1CCC(C(NCC)C2=CCCCC2)CC1. The average molecular weight is 263 g/mol. The van der Waals surface area contributed by atoms with Gasteiger partial charge in [-0.15, -0.1) is 0 Å². The van der Waals surface area contributed by atoms with Crippen molar-refractivity contribution in [1.29, 1.82) is 0 Å². The maximum atomic E-state index is 3.80. The molecule has 1 fully saturated rings. The van der Waals surface area contributed by atoms with Gasteiger partial charge in [0.15, 0.2) is 0 Å². The summed E-state index contributed by atoms with van der Waals surface area (Å²) in [5, 5.41) is 3.80. The molecule has 0 amide bonds. The molecule has 110 valence electrons. The Morgan fingerprint density at radius 2 is 1.95 bits per heavy atom. The van der Waals surface area contributed by atoms with Gasteiger partial charge in [0.25, 0.3) is 0 Å². The van der Waals surface area contributed by atoms with E-state index >= 15 is 0 Å². The molecule has 0 aromatic heterocycles. The predicted octanol–water partition coefficient (Wildman–Crippen LogP) is 5.07. The van der Waals surface area contributed by atoms with Crippen LogP contribution in [0.5, 0.6) is 0 Å². The number of rotatable bonds is 6. The van der Waals surface area contributed by atoms with Crippen molar-refractivity contribution in [3.63, 3.8) is 0 Å². The lowest BCUT2D eigenvalue weighted by Crippen LogP contribution is -2.40. The summed E-state index contributed by atoms with van der Waals surface area (Å²) in [5.41, 5.74) is 1.74. The zero-order chi connectivity index (χ0) is 13.5. The number of hydrogen-bond donors (Lipinski definition) is 1. The van der Waals surface area contributed by atoms with Crippen LogP contribution in [-0.4, -0.2) is 12.6 Å². The molecule has 0 bridgehead atoms. The minimum absolute atomic E-state index is 0.702. The Hall–Kier alpha value is -0.300. The van der Waals surface area contributed by atoms with Gasteiger partial charge in [0, 0.05) is 6.04 Å². The number of allylic oxidation sites excluding steroid dienone is 1. The van der Waals surface area contributed by atoms with Crippen molar-refractivity contribution in [1.82, 2.24) is 5.32 Å². The van der Waals surface area contributed by atoms with Crippen molar-refractivity contribution in [3.8, 4) is 0 Å². The van der Waals surface area contributed by atoms with Crippen LogP contribution in [-0.2, 0) is 0 Å². The number of likely N-dealkylation sites (N-methyl/N-ethyl adjacent to an activating group) is 1. The van der Waals surface area contributed by atoms with Crippen molar-refractivity contribution in [2.45, 2.75) is 84.1 Å². The molecule has 1 N–H and O–H groups in total. The molecule has 2 aliphatic rings. The van der Waals surface area contributed by atoms with E-state index in [9.17, 15) is 0 Å². The molecule has 2 rings (SSSR count). The molecule has 1 unspecified atom stereocenters. The second-order valence-corrected chi connectivity index (χ2v) is 6.63. The van der Waals surface area contributed by atoms with Gasteiger partial charge in [0.05, 0.1) is 0 Å². The monoisotopic (exact) mass is 263 g/mol. The summed E-state index contributed by atoms with van der Waals surface area (Å²) >= 11 is 0. The van der Waals surface area contributed by atoms with E-state index in [1.54, 1.807) is 5.57 Å². The first-order valence-corrected chi connectivity index (χ1v) is 8.77. The van der Waals surface area contributed by atoms with Crippen LogP contribution in [0.1, 0.15) is 78.1 Å². The highest BCUT2D eigenvalue weighted by Crippen LogP contribution is 2.36. The van der Waals surface area contributed by atoms with Crippen LogP contribution < -0.4 is 5.32 Å². The highest BCUT2D eigenvalue weighted by Gasteiger charge is 2.29. The van der Waals surface area contributed by atoms with Gasteiger partial charge in [-0.1, -0.05) is 51.2 Å². The Kier molecular flexibility index (Phi) is 6.43. The summed E-state index contributed by atoms with van der Waals surface area (Å²) in [6, 6.07) is 0.702. The fraction of sp³-hybridized carbons (Fsp3) is 0.889. The first-order chi connectivity index (χ1) is 9.35. The molecule has 0 radical (unpaired) electrons. The normalized spacial score (nSPS) is 29.9. The quantitative estimate of drug-likeness (QED) is 0.660. The van der Waals surface area contributed by atoms with Crippen LogP contribution in [0.2, 0.25) is 0 Å². The zero-order valence-electron chi connectivity index (χ0n) is 13.1. The van der Waals surface area contributed by atoms with E-state index in [1.165, 1.54) is 64.2 Å². The van der Waals surface area contributed by atoms with Crippen molar-refractivity contribution in [3.05, 3.63) is 11.6 Å². The topological polar surface area (TPSA) is 12.0 Å². The first-order valence-electron chi connectivity index (χ1n) is 8.77. The molecule has 1 nitrogen and oxygen atoms in total. The second-order valence-electron chi connectivity index (χ2n) is 6.63. The molecular weight excluding hydrogens is 230 g/mol. The summed E-state index contributed by atoms with van der Waals surface area (Å²) in [7, 11) is 0. The summed E-state index contributed by atoms with van der Waals surface area (Å²) < 4.78 is 0. The molecule has 19 heavy (non-hydrogen) atoms. The summed E-state index contributed by atoms with van der Waals surface area (Å²) in [4.78, 5) is 0. The smallest absolute Gasteiger partial charge is 0.0307 e. The van der Waals surface area contributed by atoms with Crippen LogP contribution in [0.4, 0.5) is 0 Å². The maximum Gasteiger partial charge on any atom is 0.0307 e. The van der Waals surface area contributed by atoms with Crippen LogP contribution >= 0.6 is 0 Å². The molecular formula is C18H33N. The Bertz CT molecular complexity index is 273. The Morgan fingerprint density at radius 1 is 1.16 bits per heavy atom. The molecule has 2 aliphatic carbocycles. The molecule has 1 saturated carbocycles. The Morgan fingerprint density at radius 3 is 2.53 bits per heavy atom. The molecule has 0 aliphatic heterocycles. The highest BCUT2D eigenvalue weighted by molar-refractivity contribution is 5.15. The summed E-state index contributed by atoms with van der Waals surface area (Å²) in [6.45, 7) is 5.72. The Balaban J connectivity index is 1.91. The molecule has 0 aromatic carbocycles. The Labute approximate surface area is 120 Å². The van der Waals surface area contributed by atoms with Crippen LogP contribution in [0.3, 0.4) is 0 Å². The minimum Gasteiger partial charge on any atom is -0.310 e. The third-order valence-electron chi connectivity index (χ3n) is 5.21. The van der Waals surface area contributed by atoms with Gasteiger partial charge in [0.2, 0.25) is 0 Å². The van der Waals surface area contributed by atoms with E-state index in [0.29, 0.717) is 6.04 Å². The minimum atomic E-state index is 0.702. The third-order valence-corrected chi connectivity index (χ3v) is 5.21. The predicted molar refractivity (Wildman–Crippen MR) is 84.4 cm³/mol. The highest BCUT2D eigenvalue weighted by atomic mass is 14.9. The van der Waals surface area contributed by atoms with Gasteiger partial charge in [-0.05, 0) is 56.9 Å². The molecule has 0 spiro atoms. The van der Waals surface area contributed by atoms with Gasteiger partial charge in [-0.2, -0.15) is 0 Å². The average Bonchev–Trinajstić information content (AvgIpc) is 2.47. The van der Waals surface area contributed by atoms with E-state index in [0.717, 1.165) is 18.4 Å². The van der Waals surface area contributed by atoms with E-state index in [1.807, 2.05) is 0 Å². The number of hydrogen-bond acceptors (Lipinski definition) is 1. The van der Waals surface area contributed by atoms with Gasteiger partial charge < -0.3 is 5.32 Å². The van der Waals surface area contributed by atoms with Crippen LogP contribution in [0.15, 0.2) is 11.6 Å². The van der Waals surface area contributed by atoms with Gasteiger partial charge in [-0.25, -0.2) is 0 Å². The second kappa shape index (κ2) is 8.09. The summed E-state index contributed by atoms with van der Waals surface area (Å²) in [6.07, 6.45) is 16.8. The molecule has 1 atom stereocenters. The van der Waals surface area contributed by atoms with Crippen molar-refractivity contribution in [2.75, 3.05) is 6.54 Å². The van der Waals surface area contributed by atoms with Crippen molar-refractivity contribution >= 4 is 0 Å². The largest absolute Gasteiger partial charge is 0.310 e. The first kappa shape index (κ1) is 15.1. The molecule has 0 heterocycles. The molecule has 1 heteroatoms. The fourth-order valence-electron chi connectivity index (χ4n) is 4.18. The van der Waals surface area contributed by atoms with E-state index in [4.69, 9.17) is 0 Å². The van der Waals surface area contributed by atoms with E-state index in [-0.39, 0.29) is 0 Å². The molecule has 0 aromatic rings. The van der Waals surface area contributed by atoms with Crippen LogP contribution in [0.25, 0.3) is 0 Å². The lowest BCUT2D eigenvalue weighted by atomic mass is 9.74. The van der Waals surface area contributed by atoms with Crippen LogP contribution in [0, 0.1) is 11.8 Å². The van der Waals surface area contributed by atoms with Gasteiger partial charge in [0.1, 0.15) is 0 Å². The van der Waals surface area contributed by atoms with Crippen molar-refractivity contribution in [2.24, 2.45) is 11.8 Å². The van der Waals surface area contributed by atoms with Crippen molar-refractivity contribution < 1.29 is 0 Å². The maximum absolute atomic E-state index is 3.80. The third kappa shape index (κ3) is 4.34. The lowest BCUT2D eigenvalue weighted by Gasteiger charge is -2.36. The molecule has 0 saturated heterocycles. The van der Waals surface area contributed by atoms with Gasteiger partial charge in [-0.3, -0.25) is 0 Å². The van der Waals surface area contributed by atoms with Gasteiger partial charge >= 0.3 is 0 Å². The number of nitrogens with one attached hydrogen (secondary N) is 1. The lowest BCUT2D eigenvalue weighted by molar-refractivity contribution is 0.226. The summed E-state index contributed by atoms with van der Waals surface area (Å²) in [5.74, 6) is 1.95. The standard InChI is InChI=1S/C18H33N/c1-3-8-15-11-13-17(14-12-15)18(19-4-2)16-9-6-5-7-10-16/h9,15,17-19H,3-8,10-14H2,1-2H3. The fourth-order valence-corrected chi connectivity index (χ4v) is 4.18. The zero-order valence-corrected chi connectivity index (χ0v) is 13.1.